The standard InChI is InChI=1S/C21H21ClN4S2/c1-3-14-5-7-16-17(12-14)27-20(23-16)25-8-10-26(11-9-25)21-24-18-13(2)4-6-15(22)19(18)28-21/h4-7,12H,3,8-11H2,1-2H3. The van der Waals surface area contributed by atoms with E-state index in [2.05, 4.69) is 41.8 Å². The molecule has 1 fully saturated rings. The number of nitrogens with zero attached hydrogens (tertiary/aromatic N) is 4. The van der Waals surface area contributed by atoms with Crippen LogP contribution in [0.15, 0.2) is 30.3 Å². The molecule has 0 bridgehead atoms. The van der Waals surface area contributed by atoms with Crippen molar-refractivity contribution >= 4 is 65.0 Å². The van der Waals surface area contributed by atoms with Crippen LogP contribution in [-0.2, 0) is 6.42 Å². The van der Waals surface area contributed by atoms with Gasteiger partial charge in [-0.05, 0) is 42.7 Å². The fourth-order valence-corrected chi connectivity index (χ4v) is 6.08. The van der Waals surface area contributed by atoms with Gasteiger partial charge in [0.2, 0.25) is 0 Å². The normalized spacial score (nSPS) is 15.1. The molecular weight excluding hydrogens is 408 g/mol. The van der Waals surface area contributed by atoms with Crippen molar-refractivity contribution in [2.24, 2.45) is 0 Å². The Bertz CT molecular complexity index is 1120. The minimum absolute atomic E-state index is 0.795. The molecule has 0 radical (unpaired) electrons. The minimum atomic E-state index is 0.795. The molecule has 0 amide bonds. The quantitative estimate of drug-likeness (QED) is 0.415. The first-order chi connectivity index (χ1) is 13.6. The second-order valence-corrected chi connectivity index (χ2v) is 9.56. The van der Waals surface area contributed by atoms with E-state index in [1.54, 1.807) is 22.7 Å². The van der Waals surface area contributed by atoms with E-state index in [1.165, 1.54) is 15.8 Å². The summed E-state index contributed by atoms with van der Waals surface area (Å²) >= 11 is 9.89. The van der Waals surface area contributed by atoms with Crippen LogP contribution >= 0.6 is 34.3 Å². The number of hydrogen-bond acceptors (Lipinski definition) is 6. The first-order valence-corrected chi connectivity index (χ1v) is 11.6. The van der Waals surface area contributed by atoms with Crippen LogP contribution in [0.1, 0.15) is 18.1 Å². The van der Waals surface area contributed by atoms with Crippen molar-refractivity contribution in [3.05, 3.63) is 46.5 Å². The maximum Gasteiger partial charge on any atom is 0.186 e. The average molecular weight is 429 g/mol. The molecule has 0 atom stereocenters. The van der Waals surface area contributed by atoms with Crippen molar-refractivity contribution in [2.45, 2.75) is 20.3 Å². The van der Waals surface area contributed by atoms with Crippen molar-refractivity contribution in [2.75, 3.05) is 36.0 Å². The Labute approximate surface area is 177 Å². The van der Waals surface area contributed by atoms with Crippen molar-refractivity contribution in [1.29, 1.82) is 0 Å². The first-order valence-electron chi connectivity index (χ1n) is 9.57. The van der Waals surface area contributed by atoms with Crippen molar-refractivity contribution in [1.82, 2.24) is 9.97 Å². The molecule has 28 heavy (non-hydrogen) atoms. The number of benzene rings is 2. The number of thiazole rings is 2. The third-order valence-corrected chi connectivity index (χ3v) is 8.01. The molecular formula is C21H21ClN4S2. The zero-order valence-electron chi connectivity index (χ0n) is 15.9. The van der Waals surface area contributed by atoms with Crippen LogP contribution < -0.4 is 9.80 Å². The van der Waals surface area contributed by atoms with Crippen LogP contribution in [0.5, 0.6) is 0 Å². The maximum atomic E-state index is 6.38. The number of fused-ring (bicyclic) bond motifs is 2. The van der Waals surface area contributed by atoms with Gasteiger partial charge >= 0.3 is 0 Å². The molecule has 4 nitrogen and oxygen atoms in total. The summed E-state index contributed by atoms with van der Waals surface area (Å²) in [6.45, 7) is 8.11. The van der Waals surface area contributed by atoms with E-state index in [0.29, 0.717) is 0 Å². The smallest absolute Gasteiger partial charge is 0.186 e. The molecule has 7 heteroatoms. The molecule has 0 saturated carbocycles. The summed E-state index contributed by atoms with van der Waals surface area (Å²) in [5.41, 5.74) is 4.70. The molecule has 4 aromatic rings. The van der Waals surface area contributed by atoms with Gasteiger partial charge in [-0.2, -0.15) is 0 Å². The largest absolute Gasteiger partial charge is 0.345 e. The van der Waals surface area contributed by atoms with Crippen molar-refractivity contribution < 1.29 is 0 Å². The number of aryl methyl sites for hydroxylation is 2. The molecule has 5 rings (SSSR count). The second kappa shape index (κ2) is 7.17. The van der Waals surface area contributed by atoms with Crippen LogP contribution in [0, 0.1) is 6.92 Å². The summed E-state index contributed by atoms with van der Waals surface area (Å²) in [4.78, 5) is 14.5. The maximum absolute atomic E-state index is 6.38. The van der Waals surface area contributed by atoms with Crippen LogP contribution in [0.3, 0.4) is 0 Å². The van der Waals surface area contributed by atoms with Gasteiger partial charge in [0, 0.05) is 26.2 Å². The molecule has 0 N–H and O–H groups in total. The van der Waals surface area contributed by atoms with Gasteiger partial charge in [0.15, 0.2) is 10.3 Å². The van der Waals surface area contributed by atoms with Crippen LogP contribution in [0.4, 0.5) is 10.3 Å². The summed E-state index contributed by atoms with van der Waals surface area (Å²) in [6.07, 6.45) is 1.06. The number of hydrogen-bond donors (Lipinski definition) is 0. The topological polar surface area (TPSA) is 32.3 Å². The second-order valence-electron chi connectivity index (χ2n) is 7.16. The fourth-order valence-electron chi connectivity index (χ4n) is 3.63. The zero-order valence-corrected chi connectivity index (χ0v) is 18.3. The summed E-state index contributed by atoms with van der Waals surface area (Å²) in [7, 11) is 0. The molecule has 1 aliphatic heterocycles. The van der Waals surface area contributed by atoms with Gasteiger partial charge in [-0.15, -0.1) is 0 Å². The van der Waals surface area contributed by atoms with Gasteiger partial charge < -0.3 is 9.80 Å². The first kappa shape index (κ1) is 18.2. The summed E-state index contributed by atoms with van der Waals surface area (Å²) < 4.78 is 2.38. The van der Waals surface area contributed by atoms with Gasteiger partial charge in [-0.25, -0.2) is 9.97 Å². The number of halogens is 1. The van der Waals surface area contributed by atoms with E-state index in [9.17, 15) is 0 Å². The molecule has 0 spiro atoms. The molecule has 0 unspecified atom stereocenters. The third kappa shape index (κ3) is 3.13. The highest BCUT2D eigenvalue weighted by Gasteiger charge is 2.23. The highest BCUT2D eigenvalue weighted by Crippen LogP contribution is 2.36. The van der Waals surface area contributed by atoms with Crippen LogP contribution in [0.2, 0.25) is 5.02 Å². The van der Waals surface area contributed by atoms with Gasteiger partial charge in [0.25, 0.3) is 0 Å². The summed E-state index contributed by atoms with van der Waals surface area (Å²) in [5, 5.41) is 3.00. The Morgan fingerprint density at radius 2 is 1.68 bits per heavy atom. The summed E-state index contributed by atoms with van der Waals surface area (Å²) in [5.74, 6) is 0. The fraction of sp³-hybridized carbons (Fsp3) is 0.333. The van der Waals surface area contributed by atoms with E-state index in [0.717, 1.165) is 63.6 Å². The van der Waals surface area contributed by atoms with Crippen molar-refractivity contribution in [3.8, 4) is 0 Å². The SMILES string of the molecule is CCc1ccc2nc(N3CCN(c4nc5c(C)ccc(Cl)c5s4)CC3)sc2c1. The Kier molecular flexibility index (Phi) is 4.65. The highest BCUT2D eigenvalue weighted by molar-refractivity contribution is 7.23. The lowest BCUT2D eigenvalue weighted by Gasteiger charge is -2.34. The van der Waals surface area contributed by atoms with E-state index in [4.69, 9.17) is 21.6 Å². The predicted molar refractivity (Wildman–Crippen MR) is 123 cm³/mol. The Morgan fingerprint density at radius 3 is 2.36 bits per heavy atom. The molecule has 3 heterocycles. The monoisotopic (exact) mass is 428 g/mol. The lowest BCUT2D eigenvalue weighted by Crippen LogP contribution is -2.46. The lowest BCUT2D eigenvalue weighted by molar-refractivity contribution is 0.651. The number of rotatable bonds is 3. The Morgan fingerprint density at radius 1 is 0.964 bits per heavy atom. The van der Waals surface area contributed by atoms with Crippen LogP contribution in [0.25, 0.3) is 20.4 Å². The van der Waals surface area contributed by atoms with Crippen molar-refractivity contribution in [3.63, 3.8) is 0 Å². The predicted octanol–water partition coefficient (Wildman–Crippen LogP) is 5.76. The summed E-state index contributed by atoms with van der Waals surface area (Å²) in [6, 6.07) is 10.6. The van der Waals surface area contributed by atoms with E-state index >= 15 is 0 Å². The van der Waals surface area contributed by atoms with Gasteiger partial charge in [0.05, 0.1) is 25.5 Å². The molecule has 1 aliphatic rings. The van der Waals surface area contributed by atoms with E-state index in [-0.39, 0.29) is 0 Å². The molecule has 144 valence electrons. The van der Waals surface area contributed by atoms with Crippen LogP contribution in [-0.4, -0.2) is 36.1 Å². The van der Waals surface area contributed by atoms with Gasteiger partial charge in [-0.3, -0.25) is 0 Å². The Balaban J connectivity index is 1.35. The number of anilines is 2. The molecule has 0 aliphatic carbocycles. The zero-order chi connectivity index (χ0) is 19.3. The number of piperazine rings is 1. The lowest BCUT2D eigenvalue weighted by atomic mass is 10.2. The molecule has 2 aromatic heterocycles. The minimum Gasteiger partial charge on any atom is -0.345 e. The number of aromatic nitrogens is 2. The molecule has 2 aromatic carbocycles. The van der Waals surface area contributed by atoms with Gasteiger partial charge in [0.1, 0.15) is 0 Å². The third-order valence-electron chi connectivity index (χ3n) is 5.36. The highest BCUT2D eigenvalue weighted by atomic mass is 35.5. The average Bonchev–Trinajstić information content (AvgIpc) is 3.35. The Hall–Kier alpha value is -1.89. The molecule has 1 saturated heterocycles. The van der Waals surface area contributed by atoms with Gasteiger partial charge in [-0.1, -0.05) is 53.3 Å². The van der Waals surface area contributed by atoms with E-state index < -0.39 is 0 Å². The van der Waals surface area contributed by atoms with E-state index in [1.807, 2.05) is 12.1 Å².